The number of carbonyl (C=O) groups is 1. The Morgan fingerprint density at radius 3 is 2.46 bits per heavy atom. The van der Waals surface area contributed by atoms with Gasteiger partial charge >= 0.3 is 5.97 Å². The number of rotatable bonds is 6. The first kappa shape index (κ1) is 18.1. The number of hydrogen-bond acceptors (Lipinski definition) is 4. The second-order valence-electron chi connectivity index (χ2n) is 5.79. The van der Waals surface area contributed by atoms with Crippen LogP contribution in [0.2, 0.25) is 0 Å². The molecule has 134 valence electrons. The third kappa shape index (κ3) is 4.29. The van der Waals surface area contributed by atoms with Gasteiger partial charge in [0.25, 0.3) is 0 Å². The maximum Gasteiger partial charge on any atom is 0.326 e. The lowest BCUT2D eigenvalue weighted by atomic mass is 10.1. The predicted molar refractivity (Wildman–Crippen MR) is 105 cm³/mol. The summed E-state index contributed by atoms with van der Waals surface area (Å²) < 4.78 is 7.08. The fourth-order valence-corrected chi connectivity index (χ4v) is 3.59. The summed E-state index contributed by atoms with van der Waals surface area (Å²) >= 11 is 1.52. The van der Waals surface area contributed by atoms with Crippen LogP contribution in [0.3, 0.4) is 0 Å². The van der Waals surface area contributed by atoms with Crippen molar-refractivity contribution in [2.24, 2.45) is 4.99 Å². The van der Waals surface area contributed by atoms with Crippen molar-refractivity contribution in [2.75, 3.05) is 6.61 Å². The van der Waals surface area contributed by atoms with Gasteiger partial charge in [0.15, 0.2) is 4.80 Å². The van der Waals surface area contributed by atoms with Gasteiger partial charge in [-0.25, -0.2) is 4.99 Å². The zero-order valence-electron chi connectivity index (χ0n) is 15.0. The Bertz CT molecular complexity index is 925. The number of benzene rings is 2. The third-order valence-electron chi connectivity index (χ3n) is 4.03. The molecule has 0 unspecified atom stereocenters. The van der Waals surface area contributed by atoms with Gasteiger partial charge in [-0.15, -0.1) is 11.3 Å². The molecule has 4 nitrogen and oxygen atoms in total. The molecule has 0 saturated carbocycles. The van der Waals surface area contributed by atoms with Crippen molar-refractivity contribution in [1.29, 1.82) is 0 Å². The van der Waals surface area contributed by atoms with Gasteiger partial charge in [-0.3, -0.25) is 4.79 Å². The lowest BCUT2D eigenvalue weighted by Gasteiger charge is -2.09. The van der Waals surface area contributed by atoms with Gasteiger partial charge in [-0.05, 0) is 36.6 Å². The van der Waals surface area contributed by atoms with Gasteiger partial charge in [-0.1, -0.05) is 49.4 Å². The molecule has 1 heterocycles. The zero-order chi connectivity index (χ0) is 18.4. The van der Waals surface area contributed by atoms with E-state index in [-0.39, 0.29) is 12.5 Å². The Morgan fingerprint density at radius 2 is 1.81 bits per heavy atom. The first-order chi connectivity index (χ1) is 12.7. The van der Waals surface area contributed by atoms with Crippen LogP contribution in [0, 0.1) is 0 Å². The summed E-state index contributed by atoms with van der Waals surface area (Å²) in [4.78, 5) is 17.6. The average Bonchev–Trinajstić information content (AvgIpc) is 3.05. The van der Waals surface area contributed by atoms with Crippen LogP contribution in [-0.2, 0) is 22.5 Å². The van der Waals surface area contributed by atoms with E-state index in [1.807, 2.05) is 47.2 Å². The van der Waals surface area contributed by atoms with E-state index in [0.29, 0.717) is 6.61 Å². The highest BCUT2D eigenvalue weighted by atomic mass is 32.1. The Morgan fingerprint density at radius 1 is 1.08 bits per heavy atom. The van der Waals surface area contributed by atoms with Gasteiger partial charge in [0, 0.05) is 5.38 Å². The highest BCUT2D eigenvalue weighted by Crippen LogP contribution is 2.22. The molecule has 0 bridgehead atoms. The second-order valence-corrected chi connectivity index (χ2v) is 6.63. The third-order valence-corrected chi connectivity index (χ3v) is 4.89. The van der Waals surface area contributed by atoms with Crippen molar-refractivity contribution in [3.8, 4) is 11.3 Å². The minimum absolute atomic E-state index is 0.147. The van der Waals surface area contributed by atoms with Crippen molar-refractivity contribution in [3.05, 3.63) is 70.3 Å². The summed E-state index contributed by atoms with van der Waals surface area (Å²) in [6.45, 7) is 4.47. The number of aryl methyl sites for hydroxylation is 1. The Hall–Kier alpha value is -2.66. The number of nitrogens with zero attached hydrogens (tertiary/aromatic N) is 2. The fraction of sp³-hybridized carbons (Fsp3) is 0.238. The molecule has 0 atom stereocenters. The standard InChI is InChI=1S/C21H22N2O2S/c1-3-16-10-12-17(13-11-16)19-15-26-21(22-18-8-6-5-7-9-18)23(19)14-20(24)25-4-2/h5-13,15H,3-4,14H2,1-2H3. The van der Waals surface area contributed by atoms with Crippen molar-refractivity contribution >= 4 is 23.0 Å². The first-order valence-corrected chi connectivity index (χ1v) is 9.62. The van der Waals surface area contributed by atoms with Crippen molar-refractivity contribution in [2.45, 2.75) is 26.8 Å². The van der Waals surface area contributed by atoms with E-state index in [9.17, 15) is 4.79 Å². The van der Waals surface area contributed by atoms with Crippen LogP contribution in [0.1, 0.15) is 19.4 Å². The molecule has 0 N–H and O–H groups in total. The summed E-state index contributed by atoms with van der Waals surface area (Å²) in [6, 6.07) is 18.2. The summed E-state index contributed by atoms with van der Waals surface area (Å²) in [7, 11) is 0. The monoisotopic (exact) mass is 366 g/mol. The van der Waals surface area contributed by atoms with Crippen LogP contribution in [0.5, 0.6) is 0 Å². The highest BCUT2D eigenvalue weighted by molar-refractivity contribution is 7.07. The Kier molecular flexibility index (Phi) is 6.02. The number of para-hydroxylation sites is 1. The summed E-state index contributed by atoms with van der Waals surface area (Å²) in [5.41, 5.74) is 4.19. The van der Waals surface area contributed by atoms with Crippen molar-refractivity contribution < 1.29 is 9.53 Å². The zero-order valence-corrected chi connectivity index (χ0v) is 15.8. The molecule has 26 heavy (non-hydrogen) atoms. The van der Waals surface area contributed by atoms with Crippen LogP contribution < -0.4 is 4.80 Å². The minimum Gasteiger partial charge on any atom is -0.465 e. The van der Waals surface area contributed by atoms with Crippen molar-refractivity contribution in [3.63, 3.8) is 0 Å². The molecule has 0 spiro atoms. The second kappa shape index (κ2) is 8.63. The van der Waals surface area contributed by atoms with Crippen LogP contribution in [0.15, 0.2) is 65.0 Å². The van der Waals surface area contributed by atoms with Gasteiger partial charge in [0.1, 0.15) is 6.54 Å². The normalized spacial score (nSPS) is 11.5. The molecular weight excluding hydrogens is 344 g/mol. The quantitative estimate of drug-likeness (QED) is 0.600. The molecule has 0 aliphatic carbocycles. The Labute approximate surface area is 157 Å². The summed E-state index contributed by atoms with van der Waals surface area (Å²) in [5.74, 6) is -0.258. The lowest BCUT2D eigenvalue weighted by Crippen LogP contribution is -2.22. The first-order valence-electron chi connectivity index (χ1n) is 8.74. The molecule has 0 radical (unpaired) electrons. The largest absolute Gasteiger partial charge is 0.465 e. The molecule has 0 saturated heterocycles. The topological polar surface area (TPSA) is 43.6 Å². The number of aromatic nitrogens is 1. The molecule has 0 fully saturated rings. The molecule has 1 aromatic heterocycles. The average molecular weight is 366 g/mol. The van der Waals surface area contributed by atoms with Crippen LogP contribution in [-0.4, -0.2) is 17.1 Å². The predicted octanol–water partition coefficient (Wildman–Crippen LogP) is 4.57. The van der Waals surface area contributed by atoms with Crippen LogP contribution >= 0.6 is 11.3 Å². The number of ether oxygens (including phenoxy) is 1. The van der Waals surface area contributed by atoms with E-state index in [1.54, 1.807) is 0 Å². The summed E-state index contributed by atoms with van der Waals surface area (Å²) in [6.07, 6.45) is 1.00. The van der Waals surface area contributed by atoms with E-state index in [4.69, 9.17) is 9.73 Å². The minimum atomic E-state index is -0.258. The summed E-state index contributed by atoms with van der Waals surface area (Å²) in [5, 5.41) is 2.04. The van der Waals surface area contributed by atoms with Crippen LogP contribution in [0.25, 0.3) is 11.3 Å². The number of hydrogen-bond donors (Lipinski definition) is 0. The van der Waals surface area contributed by atoms with E-state index in [2.05, 4.69) is 31.2 Å². The Balaban J connectivity index is 2.06. The lowest BCUT2D eigenvalue weighted by molar-refractivity contribution is -0.143. The van der Waals surface area contributed by atoms with Crippen LogP contribution in [0.4, 0.5) is 5.69 Å². The number of thiazole rings is 1. The molecule has 3 rings (SSSR count). The maximum absolute atomic E-state index is 12.1. The molecule has 0 aliphatic rings. The molecule has 0 aliphatic heterocycles. The molecule has 3 aromatic rings. The number of esters is 1. The molecule has 5 heteroatoms. The maximum atomic E-state index is 12.1. The van der Waals surface area contributed by atoms with E-state index < -0.39 is 0 Å². The van der Waals surface area contributed by atoms with E-state index in [0.717, 1.165) is 28.2 Å². The SMILES string of the molecule is CCOC(=O)Cn1c(-c2ccc(CC)cc2)csc1=Nc1ccccc1. The number of carbonyl (C=O) groups excluding carboxylic acids is 1. The van der Waals surface area contributed by atoms with Gasteiger partial charge in [-0.2, -0.15) is 0 Å². The van der Waals surface area contributed by atoms with E-state index in [1.165, 1.54) is 16.9 Å². The van der Waals surface area contributed by atoms with Gasteiger partial charge in [0.2, 0.25) is 0 Å². The highest BCUT2D eigenvalue weighted by Gasteiger charge is 2.12. The van der Waals surface area contributed by atoms with Gasteiger partial charge < -0.3 is 9.30 Å². The smallest absolute Gasteiger partial charge is 0.326 e. The molecule has 2 aromatic carbocycles. The van der Waals surface area contributed by atoms with Crippen molar-refractivity contribution in [1.82, 2.24) is 4.57 Å². The fourth-order valence-electron chi connectivity index (χ4n) is 2.66. The van der Waals surface area contributed by atoms with Gasteiger partial charge in [0.05, 0.1) is 18.0 Å². The van der Waals surface area contributed by atoms with E-state index >= 15 is 0 Å². The molecule has 0 amide bonds. The molecular formula is C21H22N2O2S.